The minimum atomic E-state index is -0.890. The second-order valence-corrected chi connectivity index (χ2v) is 7.56. The van der Waals surface area contributed by atoms with Crippen LogP contribution < -0.4 is 14.2 Å². The van der Waals surface area contributed by atoms with Crippen LogP contribution in [0.2, 0.25) is 0 Å². The summed E-state index contributed by atoms with van der Waals surface area (Å²) in [5.41, 5.74) is 1.44. The molecule has 34 heavy (non-hydrogen) atoms. The number of ketones is 1. The number of carbonyl (C=O) groups excluding carboxylic acids is 2. The van der Waals surface area contributed by atoms with Crippen molar-refractivity contribution in [3.8, 4) is 17.2 Å². The third-order valence-electron chi connectivity index (χ3n) is 5.70. The number of pyridine rings is 1. The van der Waals surface area contributed by atoms with Gasteiger partial charge in [-0.3, -0.25) is 14.6 Å². The number of ether oxygens (including phenoxy) is 3. The Morgan fingerprint density at radius 2 is 1.62 bits per heavy atom. The number of aromatic nitrogens is 1. The smallest absolute Gasteiger partial charge is 0.296 e. The van der Waals surface area contributed by atoms with E-state index in [1.807, 2.05) is 18.2 Å². The first kappa shape index (κ1) is 22.8. The number of aliphatic hydroxyl groups is 1. The SMILES string of the molecule is COc1ccccc1CN1C(=O)C(=O)/C(=C(\O)c2ccc(OC)c(OC)c2)C1c1ccccn1. The molecule has 1 fully saturated rings. The first-order valence-corrected chi connectivity index (χ1v) is 10.5. The molecule has 1 aliphatic heterocycles. The summed E-state index contributed by atoms with van der Waals surface area (Å²) in [6.07, 6.45) is 1.58. The summed E-state index contributed by atoms with van der Waals surface area (Å²) in [5.74, 6) is -0.413. The number of hydrogen-bond donors (Lipinski definition) is 1. The Hall–Kier alpha value is -4.33. The fourth-order valence-electron chi connectivity index (χ4n) is 4.04. The molecule has 8 nitrogen and oxygen atoms in total. The number of aliphatic hydroxyl groups excluding tert-OH is 1. The molecule has 1 atom stereocenters. The van der Waals surface area contributed by atoms with Crippen LogP contribution in [0, 0.1) is 0 Å². The number of amides is 1. The number of Topliss-reactive ketones (excluding diaryl/α,β-unsaturated/α-hetero) is 1. The molecule has 174 valence electrons. The molecular weight excluding hydrogens is 436 g/mol. The predicted octanol–water partition coefficient (Wildman–Crippen LogP) is 3.73. The minimum absolute atomic E-state index is 0.0502. The van der Waals surface area contributed by atoms with E-state index < -0.39 is 17.7 Å². The van der Waals surface area contributed by atoms with Crippen molar-refractivity contribution < 1.29 is 28.9 Å². The molecule has 1 N–H and O–H groups in total. The van der Waals surface area contributed by atoms with E-state index in [9.17, 15) is 14.7 Å². The van der Waals surface area contributed by atoms with Crippen LogP contribution in [-0.4, -0.2) is 48.0 Å². The maximum absolute atomic E-state index is 13.2. The van der Waals surface area contributed by atoms with Gasteiger partial charge in [0.15, 0.2) is 11.5 Å². The van der Waals surface area contributed by atoms with E-state index >= 15 is 0 Å². The topological polar surface area (TPSA) is 98.2 Å². The van der Waals surface area contributed by atoms with Crippen molar-refractivity contribution in [1.29, 1.82) is 0 Å². The third kappa shape index (κ3) is 4.05. The molecule has 0 spiro atoms. The van der Waals surface area contributed by atoms with Gasteiger partial charge in [0.25, 0.3) is 11.7 Å². The first-order chi connectivity index (χ1) is 16.5. The molecule has 2 heterocycles. The van der Waals surface area contributed by atoms with Gasteiger partial charge in [0.1, 0.15) is 17.6 Å². The average molecular weight is 460 g/mol. The Kier molecular flexibility index (Phi) is 6.49. The van der Waals surface area contributed by atoms with Gasteiger partial charge in [0, 0.05) is 17.3 Å². The summed E-state index contributed by atoms with van der Waals surface area (Å²) < 4.78 is 16.0. The number of methoxy groups -OCH3 is 3. The fourth-order valence-corrected chi connectivity index (χ4v) is 4.04. The van der Waals surface area contributed by atoms with Crippen molar-refractivity contribution in [2.45, 2.75) is 12.6 Å². The molecule has 0 saturated carbocycles. The molecule has 1 saturated heterocycles. The lowest BCUT2D eigenvalue weighted by atomic mass is 9.98. The highest BCUT2D eigenvalue weighted by molar-refractivity contribution is 6.46. The summed E-state index contributed by atoms with van der Waals surface area (Å²) in [5, 5.41) is 11.2. The molecule has 0 bridgehead atoms. The number of nitrogens with zero attached hydrogens (tertiary/aromatic N) is 2. The fraction of sp³-hybridized carbons (Fsp3) is 0.192. The predicted molar refractivity (Wildman–Crippen MR) is 125 cm³/mol. The molecule has 1 unspecified atom stereocenters. The van der Waals surface area contributed by atoms with Gasteiger partial charge in [-0.25, -0.2) is 0 Å². The molecule has 1 aliphatic rings. The summed E-state index contributed by atoms with van der Waals surface area (Å²) in [7, 11) is 4.52. The summed E-state index contributed by atoms with van der Waals surface area (Å²) in [6, 6.07) is 16.4. The standard InChI is InChI=1S/C26H24N2O6/c1-32-19-10-5-4-8-17(19)15-28-23(18-9-6-7-13-27-18)22(25(30)26(28)31)24(29)16-11-12-20(33-2)21(14-16)34-3/h4-14,23,29H,15H2,1-3H3/b24-22-. The molecule has 4 rings (SSSR count). The van der Waals surface area contributed by atoms with E-state index in [2.05, 4.69) is 4.98 Å². The molecule has 8 heteroatoms. The van der Waals surface area contributed by atoms with Crippen LogP contribution in [0.4, 0.5) is 0 Å². The van der Waals surface area contributed by atoms with Crippen LogP contribution in [0.15, 0.2) is 72.4 Å². The quantitative estimate of drug-likeness (QED) is 0.326. The van der Waals surface area contributed by atoms with Crippen LogP contribution >= 0.6 is 0 Å². The van der Waals surface area contributed by atoms with Gasteiger partial charge in [0.2, 0.25) is 0 Å². The van der Waals surface area contributed by atoms with Gasteiger partial charge in [-0.2, -0.15) is 0 Å². The summed E-state index contributed by atoms with van der Waals surface area (Å²) in [6.45, 7) is 0.0958. The van der Waals surface area contributed by atoms with E-state index in [1.165, 1.54) is 19.1 Å². The molecular formula is C26H24N2O6. The van der Waals surface area contributed by atoms with E-state index in [-0.39, 0.29) is 17.9 Å². The first-order valence-electron chi connectivity index (χ1n) is 10.5. The van der Waals surface area contributed by atoms with Gasteiger partial charge in [-0.05, 0) is 36.4 Å². The van der Waals surface area contributed by atoms with E-state index in [0.717, 1.165) is 5.56 Å². The molecule has 1 amide bonds. The highest BCUT2D eigenvalue weighted by atomic mass is 16.5. The van der Waals surface area contributed by atoms with Crippen molar-refractivity contribution in [3.63, 3.8) is 0 Å². The van der Waals surface area contributed by atoms with E-state index in [0.29, 0.717) is 28.5 Å². The summed E-state index contributed by atoms with van der Waals surface area (Å²) in [4.78, 5) is 32.2. The Balaban J connectivity index is 1.86. The van der Waals surface area contributed by atoms with Gasteiger partial charge >= 0.3 is 0 Å². The Morgan fingerprint density at radius 1 is 0.912 bits per heavy atom. The number of likely N-dealkylation sites (tertiary alicyclic amines) is 1. The zero-order valence-electron chi connectivity index (χ0n) is 19.0. The molecule has 0 radical (unpaired) electrons. The lowest BCUT2D eigenvalue weighted by Crippen LogP contribution is -2.29. The van der Waals surface area contributed by atoms with Crippen molar-refractivity contribution in [2.24, 2.45) is 0 Å². The van der Waals surface area contributed by atoms with Crippen molar-refractivity contribution in [3.05, 3.63) is 89.3 Å². The van der Waals surface area contributed by atoms with Crippen LogP contribution in [0.3, 0.4) is 0 Å². The van der Waals surface area contributed by atoms with Gasteiger partial charge < -0.3 is 24.2 Å². The molecule has 1 aromatic heterocycles. The maximum Gasteiger partial charge on any atom is 0.296 e. The van der Waals surface area contributed by atoms with E-state index in [4.69, 9.17) is 14.2 Å². The van der Waals surface area contributed by atoms with Gasteiger partial charge in [-0.1, -0.05) is 24.3 Å². The monoisotopic (exact) mass is 460 g/mol. The second-order valence-electron chi connectivity index (χ2n) is 7.56. The van der Waals surface area contributed by atoms with Gasteiger partial charge in [-0.15, -0.1) is 0 Å². The molecule has 0 aliphatic carbocycles. The average Bonchev–Trinajstić information content (AvgIpc) is 3.13. The Bertz CT molecular complexity index is 1260. The number of carbonyl (C=O) groups is 2. The minimum Gasteiger partial charge on any atom is -0.507 e. The highest BCUT2D eigenvalue weighted by Gasteiger charge is 2.47. The number of hydrogen-bond acceptors (Lipinski definition) is 7. The second kappa shape index (κ2) is 9.66. The number of benzene rings is 2. The van der Waals surface area contributed by atoms with Crippen LogP contribution in [0.5, 0.6) is 17.2 Å². The third-order valence-corrected chi connectivity index (χ3v) is 5.70. The van der Waals surface area contributed by atoms with Crippen molar-refractivity contribution in [1.82, 2.24) is 9.88 Å². The van der Waals surface area contributed by atoms with Crippen molar-refractivity contribution >= 4 is 17.4 Å². The summed E-state index contributed by atoms with van der Waals surface area (Å²) >= 11 is 0. The zero-order valence-corrected chi connectivity index (χ0v) is 19.0. The van der Waals surface area contributed by atoms with Crippen LogP contribution in [0.25, 0.3) is 5.76 Å². The normalized spacial score (nSPS) is 17.0. The Morgan fingerprint density at radius 3 is 2.29 bits per heavy atom. The van der Waals surface area contributed by atoms with Crippen LogP contribution in [-0.2, 0) is 16.1 Å². The largest absolute Gasteiger partial charge is 0.507 e. The lowest BCUT2D eigenvalue weighted by molar-refractivity contribution is -0.140. The number of para-hydroxylation sites is 1. The van der Waals surface area contributed by atoms with Crippen LogP contribution in [0.1, 0.15) is 22.9 Å². The van der Waals surface area contributed by atoms with E-state index in [1.54, 1.807) is 55.8 Å². The molecule has 2 aromatic carbocycles. The lowest BCUT2D eigenvalue weighted by Gasteiger charge is -2.25. The Labute approximate surface area is 197 Å². The zero-order chi connectivity index (χ0) is 24.2. The highest BCUT2D eigenvalue weighted by Crippen LogP contribution is 2.41. The van der Waals surface area contributed by atoms with Crippen molar-refractivity contribution in [2.75, 3.05) is 21.3 Å². The van der Waals surface area contributed by atoms with Gasteiger partial charge in [0.05, 0.1) is 39.1 Å². The number of rotatable bonds is 7. The molecule has 3 aromatic rings. The maximum atomic E-state index is 13.2.